The van der Waals surface area contributed by atoms with Gasteiger partial charge in [-0.2, -0.15) is 0 Å². The van der Waals surface area contributed by atoms with Gasteiger partial charge in [0.25, 0.3) is 6.71 Å². The fraction of sp³-hybridized carbons (Fsp3) is 0.222. The third kappa shape index (κ3) is 4.08. The van der Waals surface area contributed by atoms with Crippen LogP contribution in [0, 0.1) is 6.92 Å². The van der Waals surface area contributed by atoms with Crippen LogP contribution in [0.2, 0.25) is 0 Å². The lowest BCUT2D eigenvalue weighted by atomic mass is 9.26. The quantitative estimate of drug-likeness (QED) is 0.181. The predicted molar refractivity (Wildman–Crippen MR) is 258 cm³/mol. The highest BCUT2D eigenvalue weighted by molar-refractivity contribution is 7.06. The molecule has 9 aromatic rings. The van der Waals surface area contributed by atoms with E-state index in [1.165, 1.54) is 121 Å². The molecule has 13 rings (SSSR count). The van der Waals surface area contributed by atoms with Crippen LogP contribution in [0.15, 0.2) is 115 Å². The van der Waals surface area contributed by atoms with Gasteiger partial charge in [-0.15, -0.1) is 0 Å². The van der Waals surface area contributed by atoms with E-state index in [9.17, 15) is 0 Å². The molecule has 2 nitrogen and oxygen atoms in total. The van der Waals surface area contributed by atoms with Crippen molar-refractivity contribution < 1.29 is 0 Å². The molecule has 282 valence electrons. The van der Waals surface area contributed by atoms with Gasteiger partial charge in [0.2, 0.25) is 13.4 Å². The zero-order valence-corrected chi connectivity index (χ0v) is 35.5. The normalized spacial score (nSPS) is 14.5. The van der Waals surface area contributed by atoms with Gasteiger partial charge in [0.05, 0.1) is 0 Å². The Morgan fingerprint density at radius 2 is 0.898 bits per heavy atom. The second kappa shape index (κ2) is 11.1. The number of aryl methyl sites for hydroxylation is 1. The molecule has 59 heavy (non-hydrogen) atoms. The molecule has 0 bridgehead atoms. The Balaban J connectivity index is 1.28. The lowest BCUT2D eigenvalue weighted by molar-refractivity contribution is 0.590. The third-order valence-electron chi connectivity index (χ3n) is 15.0. The number of aromatic nitrogens is 2. The number of hydrogen-bond acceptors (Lipinski definition) is 0. The van der Waals surface area contributed by atoms with E-state index in [-0.39, 0.29) is 31.0 Å². The zero-order chi connectivity index (χ0) is 40.0. The second-order valence-electron chi connectivity index (χ2n) is 20.3. The maximum Gasteiger partial charge on any atom is 0.252 e. The average Bonchev–Trinajstić information content (AvgIpc) is 3.76. The smallest absolute Gasteiger partial charge is 0.252 e. The van der Waals surface area contributed by atoms with Gasteiger partial charge in [-0.3, -0.25) is 0 Å². The largest absolute Gasteiger partial charge is 0.311 e. The maximum absolute atomic E-state index is 2.78. The van der Waals surface area contributed by atoms with Gasteiger partial charge < -0.3 is 9.13 Å². The van der Waals surface area contributed by atoms with Crippen molar-refractivity contribution in [3.8, 4) is 11.4 Å². The summed E-state index contributed by atoms with van der Waals surface area (Å²) in [5, 5.41) is 5.57. The molecular formula is C54H47B3N2. The van der Waals surface area contributed by atoms with Crippen LogP contribution >= 0.6 is 0 Å². The van der Waals surface area contributed by atoms with Crippen molar-refractivity contribution in [3.05, 3.63) is 138 Å². The number of para-hydroxylation sites is 3. The number of fused-ring (bicyclic) bond motifs is 4. The van der Waals surface area contributed by atoms with Crippen molar-refractivity contribution in [2.24, 2.45) is 0 Å². The number of benzene rings is 7. The molecule has 0 radical (unpaired) electrons. The second-order valence-corrected chi connectivity index (χ2v) is 20.3. The molecule has 0 atom stereocenters. The van der Waals surface area contributed by atoms with Crippen LogP contribution in [-0.4, -0.2) is 29.3 Å². The fourth-order valence-corrected chi connectivity index (χ4v) is 12.5. The number of rotatable bonds is 4. The molecule has 0 fully saturated rings. The van der Waals surface area contributed by atoms with Crippen molar-refractivity contribution >= 4 is 113 Å². The summed E-state index contributed by atoms with van der Waals surface area (Å²) in [6.45, 7) is 19.1. The highest BCUT2D eigenvalue weighted by Crippen LogP contribution is 2.41. The van der Waals surface area contributed by atoms with E-state index in [1.807, 2.05) is 0 Å². The molecule has 0 saturated heterocycles. The van der Waals surface area contributed by atoms with Gasteiger partial charge in [0, 0.05) is 55.0 Å². The Kier molecular flexibility index (Phi) is 6.45. The van der Waals surface area contributed by atoms with Gasteiger partial charge in [-0.25, -0.2) is 0 Å². The van der Waals surface area contributed by atoms with Crippen molar-refractivity contribution in [1.82, 2.24) is 9.13 Å². The van der Waals surface area contributed by atoms with Gasteiger partial charge in [0.1, 0.15) is 0 Å². The van der Waals surface area contributed by atoms with Crippen LogP contribution in [0.3, 0.4) is 0 Å². The lowest BCUT2D eigenvalue weighted by Gasteiger charge is -2.43. The molecule has 2 aromatic heterocycles. The third-order valence-corrected chi connectivity index (χ3v) is 15.0. The minimum absolute atomic E-state index is 0.0814. The summed E-state index contributed by atoms with van der Waals surface area (Å²) >= 11 is 0. The van der Waals surface area contributed by atoms with Gasteiger partial charge >= 0.3 is 0 Å². The fourth-order valence-electron chi connectivity index (χ4n) is 12.5. The first-order valence-electron chi connectivity index (χ1n) is 22.0. The summed E-state index contributed by atoms with van der Waals surface area (Å²) in [6, 6.07) is 46.0. The molecule has 4 aliphatic rings. The highest BCUT2D eigenvalue weighted by atomic mass is 15.0. The molecule has 4 aliphatic heterocycles. The molecule has 6 heterocycles. The van der Waals surface area contributed by atoms with E-state index >= 15 is 0 Å². The molecule has 0 spiro atoms. The summed E-state index contributed by atoms with van der Waals surface area (Å²) < 4.78 is 5.54. The van der Waals surface area contributed by atoms with Crippen LogP contribution in [0.4, 0.5) is 0 Å². The van der Waals surface area contributed by atoms with E-state index in [0.29, 0.717) is 0 Å². The first-order chi connectivity index (χ1) is 28.5. The van der Waals surface area contributed by atoms with Crippen LogP contribution < -0.4 is 49.2 Å². The van der Waals surface area contributed by atoms with Gasteiger partial charge in [0.15, 0.2) is 0 Å². The molecule has 0 saturated carbocycles. The maximum atomic E-state index is 2.78. The topological polar surface area (TPSA) is 9.86 Å². The zero-order valence-electron chi connectivity index (χ0n) is 35.5. The van der Waals surface area contributed by atoms with E-state index in [1.54, 1.807) is 5.56 Å². The average molecular weight is 756 g/mol. The van der Waals surface area contributed by atoms with Crippen LogP contribution in [0.25, 0.3) is 55.0 Å². The first kappa shape index (κ1) is 34.2. The van der Waals surface area contributed by atoms with Crippen LogP contribution in [0.1, 0.15) is 77.1 Å². The SMILES string of the molecule is CCCc1c2c3c4c5c1B(c1ccc(C(C)(C)C)cc1)c1cccc6c7c(C)ccc(c7n-5c16)B4c1cccc4c5cccc(c5n-3c14)B2c1ccc(C(C)(C)C)cc1. The molecule has 0 unspecified atom stereocenters. The van der Waals surface area contributed by atoms with Crippen LogP contribution in [-0.2, 0) is 17.3 Å². The molecule has 5 heteroatoms. The van der Waals surface area contributed by atoms with Crippen molar-refractivity contribution in [2.45, 2.75) is 79.1 Å². The Morgan fingerprint density at radius 3 is 1.39 bits per heavy atom. The predicted octanol–water partition coefficient (Wildman–Crippen LogP) is 6.54. The minimum Gasteiger partial charge on any atom is -0.311 e. The van der Waals surface area contributed by atoms with E-state index in [0.717, 1.165) is 12.8 Å². The summed E-state index contributed by atoms with van der Waals surface area (Å²) in [6.07, 6.45) is 2.10. The molecule has 0 aliphatic carbocycles. The summed E-state index contributed by atoms with van der Waals surface area (Å²) in [7, 11) is 0. The summed E-state index contributed by atoms with van der Waals surface area (Å²) in [5.41, 5.74) is 27.5. The molecular weight excluding hydrogens is 709 g/mol. The minimum atomic E-state index is 0.0814. The van der Waals surface area contributed by atoms with Crippen molar-refractivity contribution in [2.75, 3.05) is 0 Å². The Labute approximate surface area is 348 Å². The number of nitrogens with zero attached hydrogens (tertiary/aromatic N) is 2. The standard InChI is InChI=1S/C54H47B3N2/c1-9-13-38-44-51-46-52-45(38)56(34-27-23-32(24-28-34)54(6,7)8)40-18-12-16-37-43-30(2)20-29-42(50(43)59(52)49(37)40)57(46)41-19-11-15-36-35-14-10-17-39(47(35)58(51)48(36)41)55(44)33-25-21-31(22-26-33)53(3,4)5/h10-12,14-29H,9,13H2,1-8H3. The van der Waals surface area contributed by atoms with E-state index in [2.05, 4.69) is 180 Å². The highest BCUT2D eigenvalue weighted by Gasteiger charge is 2.50. The Bertz CT molecular complexity index is 3370. The lowest BCUT2D eigenvalue weighted by Crippen LogP contribution is -2.70. The number of hydrogen-bond donors (Lipinski definition) is 0. The molecule has 0 amide bonds. The van der Waals surface area contributed by atoms with E-state index in [4.69, 9.17) is 0 Å². The summed E-state index contributed by atoms with van der Waals surface area (Å²) in [4.78, 5) is 0. The Morgan fingerprint density at radius 1 is 0.458 bits per heavy atom. The Hall–Kier alpha value is -5.67. The van der Waals surface area contributed by atoms with Crippen molar-refractivity contribution in [3.63, 3.8) is 0 Å². The monoisotopic (exact) mass is 756 g/mol. The van der Waals surface area contributed by atoms with Gasteiger partial charge in [-0.05, 0) is 79.1 Å². The molecule has 0 N–H and O–H groups in total. The van der Waals surface area contributed by atoms with E-state index < -0.39 is 0 Å². The first-order valence-corrected chi connectivity index (χ1v) is 22.0. The van der Waals surface area contributed by atoms with Crippen LogP contribution in [0.5, 0.6) is 0 Å². The summed E-state index contributed by atoms with van der Waals surface area (Å²) in [5.74, 6) is 0. The van der Waals surface area contributed by atoms with Crippen molar-refractivity contribution in [1.29, 1.82) is 0 Å². The van der Waals surface area contributed by atoms with Gasteiger partial charge in [-0.1, -0.05) is 187 Å². The molecule has 7 aromatic carbocycles.